The van der Waals surface area contributed by atoms with Crippen molar-refractivity contribution < 1.29 is 17.6 Å². The highest BCUT2D eigenvalue weighted by Crippen LogP contribution is 2.29. The summed E-state index contributed by atoms with van der Waals surface area (Å²) in [5.74, 6) is -1.49. The van der Waals surface area contributed by atoms with E-state index in [1.807, 2.05) is 19.1 Å². The van der Waals surface area contributed by atoms with Crippen LogP contribution in [0, 0.1) is 12.7 Å². The summed E-state index contributed by atoms with van der Waals surface area (Å²) in [6, 6.07) is 8.74. The maximum atomic E-state index is 14.1. The number of sulfonamides is 1. The van der Waals surface area contributed by atoms with Gasteiger partial charge in [-0.25, -0.2) is 17.5 Å². The molecule has 1 atom stereocenters. The van der Waals surface area contributed by atoms with Crippen LogP contribution >= 0.6 is 11.8 Å². The van der Waals surface area contributed by atoms with Crippen molar-refractivity contribution in [3.8, 4) is 0 Å². The zero-order valence-corrected chi connectivity index (χ0v) is 17.3. The molecular formula is C19H23FN2O3S2. The van der Waals surface area contributed by atoms with Crippen LogP contribution in [0.3, 0.4) is 0 Å². The number of benzene rings is 2. The monoisotopic (exact) mass is 410 g/mol. The van der Waals surface area contributed by atoms with Gasteiger partial charge in [-0.2, -0.15) is 0 Å². The fourth-order valence-electron chi connectivity index (χ4n) is 2.32. The SMILES string of the molecule is CCC(C)Sc1ccc(NC(=O)c2cc(S(=O)(=O)NC)ccc2F)c(C)c1. The molecule has 146 valence electrons. The smallest absolute Gasteiger partial charge is 0.258 e. The van der Waals surface area contributed by atoms with E-state index in [-0.39, 0.29) is 10.5 Å². The first kappa shape index (κ1) is 21.4. The Morgan fingerprint density at radius 2 is 1.93 bits per heavy atom. The zero-order chi connectivity index (χ0) is 20.2. The summed E-state index contributed by atoms with van der Waals surface area (Å²) < 4.78 is 40.0. The van der Waals surface area contributed by atoms with Crippen molar-refractivity contribution in [1.29, 1.82) is 0 Å². The van der Waals surface area contributed by atoms with Gasteiger partial charge in [0.15, 0.2) is 0 Å². The molecule has 2 rings (SSSR count). The number of halogens is 1. The maximum absolute atomic E-state index is 14.1. The standard InChI is InChI=1S/C19H23FN2O3S2/c1-5-13(3)26-14-6-9-18(12(2)10-14)22-19(23)16-11-15(7-8-17(16)20)27(24,25)21-4/h6-11,13,21H,5H2,1-4H3,(H,22,23). The third-order valence-corrected chi connectivity index (χ3v) is 6.79. The second-order valence-corrected chi connectivity index (χ2v) is 9.52. The number of amides is 1. The van der Waals surface area contributed by atoms with Gasteiger partial charge in [-0.1, -0.05) is 13.8 Å². The van der Waals surface area contributed by atoms with Gasteiger partial charge in [0.05, 0.1) is 10.5 Å². The molecule has 1 amide bonds. The summed E-state index contributed by atoms with van der Waals surface area (Å²) in [7, 11) is -2.52. The third kappa shape index (κ3) is 5.31. The minimum Gasteiger partial charge on any atom is -0.322 e. The minimum absolute atomic E-state index is 0.173. The van der Waals surface area contributed by atoms with Crippen molar-refractivity contribution in [2.45, 2.75) is 42.2 Å². The fourth-order valence-corrected chi connectivity index (χ4v) is 4.10. The molecule has 27 heavy (non-hydrogen) atoms. The topological polar surface area (TPSA) is 75.3 Å². The van der Waals surface area contributed by atoms with Gasteiger partial charge in [0.2, 0.25) is 10.0 Å². The largest absolute Gasteiger partial charge is 0.322 e. The molecular weight excluding hydrogens is 387 g/mol. The average molecular weight is 411 g/mol. The Morgan fingerprint density at radius 3 is 2.52 bits per heavy atom. The second-order valence-electron chi connectivity index (χ2n) is 6.12. The molecule has 1 unspecified atom stereocenters. The van der Waals surface area contributed by atoms with Gasteiger partial charge in [-0.05, 0) is 62.4 Å². The molecule has 0 fully saturated rings. The third-order valence-electron chi connectivity index (χ3n) is 4.12. The lowest BCUT2D eigenvalue weighted by Gasteiger charge is -2.13. The molecule has 5 nitrogen and oxygen atoms in total. The van der Waals surface area contributed by atoms with E-state index in [2.05, 4.69) is 23.9 Å². The van der Waals surface area contributed by atoms with Crippen LogP contribution in [0.4, 0.5) is 10.1 Å². The lowest BCUT2D eigenvalue weighted by atomic mass is 10.1. The van der Waals surface area contributed by atoms with E-state index in [1.54, 1.807) is 17.8 Å². The molecule has 0 heterocycles. The lowest BCUT2D eigenvalue weighted by molar-refractivity contribution is 0.102. The fraction of sp³-hybridized carbons (Fsp3) is 0.316. The van der Waals surface area contributed by atoms with Crippen LogP contribution in [-0.4, -0.2) is 26.6 Å². The molecule has 0 aliphatic carbocycles. The number of hydrogen-bond acceptors (Lipinski definition) is 4. The molecule has 2 aromatic rings. The van der Waals surface area contributed by atoms with Gasteiger partial charge >= 0.3 is 0 Å². The number of carbonyl (C=O) groups excluding carboxylic acids is 1. The Hall–Kier alpha value is -1.90. The molecule has 8 heteroatoms. The summed E-state index contributed by atoms with van der Waals surface area (Å²) in [6.45, 7) is 6.12. The first-order valence-electron chi connectivity index (χ1n) is 8.49. The zero-order valence-electron chi connectivity index (χ0n) is 15.7. The summed E-state index contributed by atoms with van der Waals surface area (Å²) >= 11 is 1.74. The summed E-state index contributed by atoms with van der Waals surface area (Å²) in [6.07, 6.45) is 1.05. The number of anilines is 1. The molecule has 0 spiro atoms. The molecule has 0 aliphatic heterocycles. The van der Waals surface area contributed by atoms with Gasteiger partial charge in [0, 0.05) is 15.8 Å². The Labute approximate surface area is 163 Å². The Balaban J connectivity index is 2.26. The summed E-state index contributed by atoms with van der Waals surface area (Å²) in [5, 5.41) is 3.14. The molecule has 2 aromatic carbocycles. The Kier molecular flexibility index (Phi) is 7.02. The van der Waals surface area contributed by atoms with Crippen LogP contribution in [-0.2, 0) is 10.0 Å². The van der Waals surface area contributed by atoms with Gasteiger partial charge < -0.3 is 5.32 Å². The number of carbonyl (C=O) groups is 1. The van der Waals surface area contributed by atoms with Crippen molar-refractivity contribution >= 4 is 33.4 Å². The molecule has 0 bridgehead atoms. The normalized spacial score (nSPS) is 12.6. The van der Waals surface area contributed by atoms with Crippen LogP contribution in [0.25, 0.3) is 0 Å². The predicted octanol–water partition coefficient (Wildman–Crippen LogP) is 4.19. The quantitative estimate of drug-likeness (QED) is 0.672. The highest BCUT2D eigenvalue weighted by atomic mass is 32.2. The molecule has 0 saturated heterocycles. The molecule has 0 aromatic heterocycles. The van der Waals surface area contributed by atoms with E-state index in [0.717, 1.165) is 35.1 Å². The average Bonchev–Trinajstić information content (AvgIpc) is 2.63. The van der Waals surface area contributed by atoms with Gasteiger partial charge in [-0.3, -0.25) is 4.79 Å². The van der Waals surface area contributed by atoms with Crippen LogP contribution < -0.4 is 10.0 Å². The Bertz CT molecular complexity index is 946. The van der Waals surface area contributed by atoms with E-state index in [1.165, 1.54) is 7.05 Å². The van der Waals surface area contributed by atoms with Crippen molar-refractivity contribution in [2.75, 3.05) is 12.4 Å². The van der Waals surface area contributed by atoms with Crippen molar-refractivity contribution in [3.05, 3.63) is 53.3 Å². The van der Waals surface area contributed by atoms with Crippen LogP contribution in [0.2, 0.25) is 0 Å². The van der Waals surface area contributed by atoms with Crippen LogP contribution in [0.1, 0.15) is 36.2 Å². The summed E-state index contributed by atoms with van der Waals surface area (Å²) in [4.78, 5) is 13.4. The van der Waals surface area contributed by atoms with Crippen molar-refractivity contribution in [2.24, 2.45) is 0 Å². The highest BCUT2D eigenvalue weighted by molar-refractivity contribution is 7.99. The molecule has 0 saturated carbocycles. The molecule has 0 aliphatic rings. The number of hydrogen-bond donors (Lipinski definition) is 2. The van der Waals surface area contributed by atoms with Crippen LogP contribution in [0.5, 0.6) is 0 Å². The van der Waals surface area contributed by atoms with Crippen molar-refractivity contribution in [1.82, 2.24) is 4.72 Å². The first-order valence-corrected chi connectivity index (χ1v) is 10.9. The lowest BCUT2D eigenvalue weighted by Crippen LogP contribution is -2.20. The number of rotatable bonds is 7. The van der Waals surface area contributed by atoms with E-state index in [0.29, 0.717) is 10.9 Å². The van der Waals surface area contributed by atoms with Gasteiger partial charge in [-0.15, -0.1) is 11.8 Å². The number of nitrogens with one attached hydrogen (secondary N) is 2. The van der Waals surface area contributed by atoms with Crippen LogP contribution in [0.15, 0.2) is 46.2 Å². The summed E-state index contributed by atoms with van der Waals surface area (Å²) in [5.41, 5.74) is 1.06. The molecule has 2 N–H and O–H groups in total. The number of thioether (sulfide) groups is 1. The van der Waals surface area contributed by atoms with Gasteiger partial charge in [0.25, 0.3) is 5.91 Å². The van der Waals surface area contributed by atoms with E-state index < -0.39 is 21.7 Å². The molecule has 0 radical (unpaired) electrons. The predicted molar refractivity (Wildman–Crippen MR) is 107 cm³/mol. The van der Waals surface area contributed by atoms with Gasteiger partial charge in [0.1, 0.15) is 5.82 Å². The van der Waals surface area contributed by atoms with E-state index in [4.69, 9.17) is 0 Å². The van der Waals surface area contributed by atoms with Crippen molar-refractivity contribution in [3.63, 3.8) is 0 Å². The Morgan fingerprint density at radius 1 is 1.22 bits per heavy atom. The highest BCUT2D eigenvalue weighted by Gasteiger charge is 2.19. The number of aryl methyl sites for hydroxylation is 1. The maximum Gasteiger partial charge on any atom is 0.258 e. The second kappa shape index (κ2) is 8.86. The van der Waals surface area contributed by atoms with E-state index in [9.17, 15) is 17.6 Å². The minimum atomic E-state index is -3.77. The van der Waals surface area contributed by atoms with E-state index >= 15 is 0 Å². The first-order chi connectivity index (χ1) is 12.7.